The van der Waals surface area contributed by atoms with Crippen LogP contribution in [0.2, 0.25) is 0 Å². The molecule has 1 N–H and O–H groups in total. The van der Waals surface area contributed by atoms with E-state index in [1.165, 1.54) is 12.3 Å². The van der Waals surface area contributed by atoms with Gasteiger partial charge in [0.25, 0.3) is 0 Å². The van der Waals surface area contributed by atoms with Crippen molar-refractivity contribution in [3.63, 3.8) is 0 Å². The van der Waals surface area contributed by atoms with Gasteiger partial charge < -0.3 is 9.84 Å². The van der Waals surface area contributed by atoms with Crippen LogP contribution in [0.5, 0.6) is 0 Å². The van der Waals surface area contributed by atoms with Gasteiger partial charge in [0.1, 0.15) is 0 Å². The van der Waals surface area contributed by atoms with Crippen LogP contribution in [0.15, 0.2) is 18.3 Å². The molecule has 0 bridgehead atoms. The van der Waals surface area contributed by atoms with E-state index < -0.39 is 17.3 Å². The minimum absolute atomic E-state index is 0.0170. The first-order chi connectivity index (χ1) is 11.3. The van der Waals surface area contributed by atoms with Crippen LogP contribution in [-0.2, 0) is 17.5 Å². The number of halogens is 3. The number of hydrogen-bond donors (Lipinski definition) is 1. The standard InChI is InChI=1S/C17H23F3N2O2/c1-16(23)6-9-24-11-13(16)15-5-3-8-22(15)10-14-12(17(18,19)20)4-2-7-21-14/h2,4,7,13,15,23H,3,5-6,8-11H2,1H3/t13-,15+,16+/m1/s1. The molecule has 3 rings (SSSR count). The van der Waals surface area contributed by atoms with Gasteiger partial charge in [-0.2, -0.15) is 13.2 Å². The molecule has 2 aliphatic rings. The summed E-state index contributed by atoms with van der Waals surface area (Å²) >= 11 is 0. The summed E-state index contributed by atoms with van der Waals surface area (Å²) in [5, 5.41) is 10.7. The van der Waals surface area contributed by atoms with Crippen LogP contribution in [0.25, 0.3) is 0 Å². The second-order valence-electron chi connectivity index (χ2n) is 6.96. The summed E-state index contributed by atoms with van der Waals surface area (Å²) in [7, 11) is 0. The zero-order valence-electron chi connectivity index (χ0n) is 13.7. The normalized spacial score (nSPS) is 32.2. The van der Waals surface area contributed by atoms with Gasteiger partial charge in [-0.25, -0.2) is 0 Å². The quantitative estimate of drug-likeness (QED) is 0.916. The number of rotatable bonds is 3. The summed E-state index contributed by atoms with van der Waals surface area (Å²) in [6.45, 7) is 3.63. The highest BCUT2D eigenvalue weighted by molar-refractivity contribution is 5.23. The summed E-state index contributed by atoms with van der Waals surface area (Å²) in [6.07, 6.45) is -0.684. The maximum atomic E-state index is 13.2. The van der Waals surface area contributed by atoms with Gasteiger partial charge in [0.2, 0.25) is 0 Å². The third kappa shape index (κ3) is 3.58. The fourth-order valence-corrected chi connectivity index (χ4v) is 3.90. The molecule has 4 nitrogen and oxygen atoms in total. The molecule has 2 saturated heterocycles. The molecule has 1 aromatic heterocycles. The van der Waals surface area contributed by atoms with Gasteiger partial charge in [0, 0.05) is 31.3 Å². The summed E-state index contributed by atoms with van der Waals surface area (Å²) in [5.41, 5.74) is -1.47. The maximum absolute atomic E-state index is 13.2. The molecule has 0 saturated carbocycles. The molecule has 3 heterocycles. The lowest BCUT2D eigenvalue weighted by Crippen LogP contribution is -2.52. The molecule has 2 fully saturated rings. The Labute approximate surface area is 139 Å². The number of nitrogens with zero attached hydrogens (tertiary/aromatic N) is 2. The molecule has 0 unspecified atom stereocenters. The second-order valence-corrected chi connectivity index (χ2v) is 6.96. The van der Waals surface area contributed by atoms with E-state index in [0.29, 0.717) is 26.2 Å². The van der Waals surface area contributed by atoms with Crippen LogP contribution in [0, 0.1) is 5.92 Å². The molecule has 7 heteroatoms. The molecule has 0 amide bonds. The summed E-state index contributed by atoms with van der Waals surface area (Å²) in [5.74, 6) is -0.0909. The van der Waals surface area contributed by atoms with Crippen LogP contribution in [0.4, 0.5) is 13.2 Å². The summed E-state index contributed by atoms with van der Waals surface area (Å²) in [4.78, 5) is 5.99. The van der Waals surface area contributed by atoms with E-state index in [2.05, 4.69) is 4.98 Å². The molecule has 3 atom stereocenters. The fourth-order valence-electron chi connectivity index (χ4n) is 3.90. The van der Waals surface area contributed by atoms with Gasteiger partial charge in [-0.3, -0.25) is 9.88 Å². The fraction of sp³-hybridized carbons (Fsp3) is 0.706. The number of likely N-dealkylation sites (tertiary alicyclic amines) is 1. The Bertz CT molecular complexity index is 577. The van der Waals surface area contributed by atoms with E-state index in [1.54, 1.807) is 6.92 Å². The minimum Gasteiger partial charge on any atom is -0.390 e. The third-order valence-corrected chi connectivity index (χ3v) is 5.28. The van der Waals surface area contributed by atoms with Gasteiger partial charge in [0.05, 0.1) is 23.5 Å². The Kier molecular flexibility index (Phi) is 4.86. The summed E-state index contributed by atoms with van der Waals surface area (Å²) in [6, 6.07) is 2.41. The Balaban J connectivity index is 1.80. The molecule has 0 aliphatic carbocycles. The monoisotopic (exact) mass is 344 g/mol. The largest absolute Gasteiger partial charge is 0.418 e. The first kappa shape index (κ1) is 17.6. The Morgan fingerprint density at radius 2 is 2.25 bits per heavy atom. The van der Waals surface area contributed by atoms with Crippen LogP contribution in [0.1, 0.15) is 37.4 Å². The molecule has 0 spiro atoms. The molecule has 134 valence electrons. The molecular formula is C17H23F3N2O2. The van der Waals surface area contributed by atoms with Crippen LogP contribution < -0.4 is 0 Å². The van der Waals surface area contributed by atoms with E-state index in [4.69, 9.17) is 4.74 Å². The number of pyridine rings is 1. The second kappa shape index (κ2) is 6.61. The maximum Gasteiger partial charge on any atom is 0.418 e. The van der Waals surface area contributed by atoms with Crippen molar-refractivity contribution in [2.45, 2.75) is 50.6 Å². The minimum atomic E-state index is -4.40. The van der Waals surface area contributed by atoms with Gasteiger partial charge in [-0.15, -0.1) is 0 Å². The van der Waals surface area contributed by atoms with Crippen molar-refractivity contribution in [1.29, 1.82) is 0 Å². The number of ether oxygens (including phenoxy) is 1. The van der Waals surface area contributed by atoms with Crippen molar-refractivity contribution in [2.75, 3.05) is 19.8 Å². The van der Waals surface area contributed by atoms with E-state index in [9.17, 15) is 18.3 Å². The van der Waals surface area contributed by atoms with Gasteiger partial charge in [-0.05, 0) is 44.9 Å². The molecule has 2 aliphatic heterocycles. The van der Waals surface area contributed by atoms with Gasteiger partial charge >= 0.3 is 6.18 Å². The number of hydrogen-bond acceptors (Lipinski definition) is 4. The predicted octanol–water partition coefficient (Wildman–Crippen LogP) is 2.85. The number of aliphatic hydroxyl groups is 1. The Morgan fingerprint density at radius 3 is 2.96 bits per heavy atom. The first-order valence-electron chi connectivity index (χ1n) is 8.34. The van der Waals surface area contributed by atoms with Gasteiger partial charge in [0.15, 0.2) is 0 Å². The van der Waals surface area contributed by atoms with Crippen LogP contribution in [0.3, 0.4) is 0 Å². The molecule has 24 heavy (non-hydrogen) atoms. The van der Waals surface area contributed by atoms with Crippen molar-refractivity contribution in [3.8, 4) is 0 Å². The third-order valence-electron chi connectivity index (χ3n) is 5.28. The highest BCUT2D eigenvalue weighted by atomic mass is 19.4. The molecule has 0 radical (unpaired) electrons. The van der Waals surface area contributed by atoms with E-state index in [-0.39, 0.29) is 24.2 Å². The predicted molar refractivity (Wildman–Crippen MR) is 82.2 cm³/mol. The zero-order chi connectivity index (χ0) is 17.4. The molecular weight excluding hydrogens is 321 g/mol. The lowest BCUT2D eigenvalue weighted by Gasteiger charge is -2.43. The smallest absolute Gasteiger partial charge is 0.390 e. The van der Waals surface area contributed by atoms with Crippen molar-refractivity contribution in [2.24, 2.45) is 5.92 Å². The summed E-state index contributed by atoms with van der Waals surface area (Å²) < 4.78 is 45.1. The Hall–Kier alpha value is -1.18. The van der Waals surface area contributed by atoms with E-state index in [0.717, 1.165) is 18.9 Å². The SMILES string of the molecule is C[C@]1(O)CCOC[C@@H]1[C@@H]1CCCN1Cc1ncccc1C(F)(F)F. The average molecular weight is 344 g/mol. The topological polar surface area (TPSA) is 45.6 Å². The van der Waals surface area contributed by atoms with Crippen molar-refractivity contribution in [3.05, 3.63) is 29.6 Å². The van der Waals surface area contributed by atoms with Crippen molar-refractivity contribution in [1.82, 2.24) is 9.88 Å². The van der Waals surface area contributed by atoms with E-state index in [1.807, 2.05) is 4.90 Å². The van der Waals surface area contributed by atoms with E-state index >= 15 is 0 Å². The van der Waals surface area contributed by atoms with Gasteiger partial charge in [-0.1, -0.05) is 0 Å². The Morgan fingerprint density at radius 1 is 1.46 bits per heavy atom. The molecule has 0 aromatic carbocycles. The zero-order valence-corrected chi connectivity index (χ0v) is 13.7. The van der Waals surface area contributed by atoms with Crippen LogP contribution in [-0.4, -0.2) is 46.4 Å². The average Bonchev–Trinajstić information content (AvgIpc) is 2.94. The molecule has 1 aromatic rings. The number of aromatic nitrogens is 1. The lowest BCUT2D eigenvalue weighted by atomic mass is 9.79. The van der Waals surface area contributed by atoms with Crippen LogP contribution >= 0.6 is 0 Å². The lowest BCUT2D eigenvalue weighted by molar-refractivity contribution is -0.139. The highest BCUT2D eigenvalue weighted by Gasteiger charge is 2.44. The first-order valence-corrected chi connectivity index (χ1v) is 8.34. The number of alkyl halides is 3. The highest BCUT2D eigenvalue weighted by Crippen LogP contribution is 2.37. The van der Waals surface area contributed by atoms with Crippen molar-refractivity contribution >= 4 is 0 Å². The van der Waals surface area contributed by atoms with Crippen molar-refractivity contribution < 1.29 is 23.0 Å².